The number of aryl methyl sites for hydroxylation is 1. The molecule has 1 N–H and O–H groups in total. The van der Waals surface area contributed by atoms with Gasteiger partial charge in [0, 0.05) is 44.2 Å². The summed E-state index contributed by atoms with van der Waals surface area (Å²) in [4.78, 5) is 30.9. The van der Waals surface area contributed by atoms with E-state index in [0.29, 0.717) is 12.1 Å². The van der Waals surface area contributed by atoms with Crippen LogP contribution >= 0.6 is 0 Å². The molecule has 0 spiro atoms. The smallest absolute Gasteiger partial charge is 0.220 e. The number of carbonyl (C=O) groups excluding carboxylic acids is 2. The fourth-order valence-electron chi connectivity index (χ4n) is 3.05. The van der Waals surface area contributed by atoms with Crippen molar-refractivity contribution in [1.29, 1.82) is 0 Å². The van der Waals surface area contributed by atoms with Crippen molar-refractivity contribution in [1.82, 2.24) is 10.3 Å². The maximum absolute atomic E-state index is 12.1. The standard InChI is InChI=1S/C21H25N3O2/c1-16-4-7-18(8-5-16)19(25)9-11-21(26)23-15-17-6-10-20(22-14-17)24-12-2-3-13-24/h4-8,10,14H,2-3,9,11-13,15H2,1H3,(H,23,26). The topological polar surface area (TPSA) is 62.3 Å². The highest BCUT2D eigenvalue weighted by Crippen LogP contribution is 2.17. The summed E-state index contributed by atoms with van der Waals surface area (Å²) in [5.41, 5.74) is 2.74. The van der Waals surface area contributed by atoms with Gasteiger partial charge in [0.15, 0.2) is 5.78 Å². The molecule has 0 saturated carbocycles. The van der Waals surface area contributed by atoms with Crippen LogP contribution in [0.15, 0.2) is 42.6 Å². The molecule has 1 amide bonds. The molecule has 1 saturated heterocycles. The molecule has 1 aliphatic rings. The van der Waals surface area contributed by atoms with Crippen LogP contribution in [0.5, 0.6) is 0 Å². The van der Waals surface area contributed by atoms with Gasteiger partial charge in [0.05, 0.1) is 0 Å². The first-order chi connectivity index (χ1) is 12.6. The summed E-state index contributed by atoms with van der Waals surface area (Å²) in [5.74, 6) is 0.882. The van der Waals surface area contributed by atoms with Gasteiger partial charge >= 0.3 is 0 Å². The molecule has 5 heteroatoms. The van der Waals surface area contributed by atoms with Crippen molar-refractivity contribution < 1.29 is 9.59 Å². The van der Waals surface area contributed by atoms with Crippen LogP contribution in [0.4, 0.5) is 5.82 Å². The van der Waals surface area contributed by atoms with Gasteiger partial charge in [-0.15, -0.1) is 0 Å². The SMILES string of the molecule is Cc1ccc(C(=O)CCC(=O)NCc2ccc(N3CCCC3)nc2)cc1. The number of anilines is 1. The van der Waals surface area contributed by atoms with Gasteiger partial charge in [0.2, 0.25) is 5.91 Å². The second-order valence-corrected chi connectivity index (χ2v) is 6.78. The lowest BCUT2D eigenvalue weighted by atomic mass is 10.0. The largest absolute Gasteiger partial charge is 0.357 e. The minimum atomic E-state index is -0.117. The second kappa shape index (κ2) is 8.61. The zero-order chi connectivity index (χ0) is 18.4. The van der Waals surface area contributed by atoms with Crippen molar-refractivity contribution >= 4 is 17.5 Å². The molecule has 1 fully saturated rings. The zero-order valence-electron chi connectivity index (χ0n) is 15.2. The number of Topliss-reactive ketones (excluding diaryl/α,β-unsaturated/α-hetero) is 1. The lowest BCUT2D eigenvalue weighted by Gasteiger charge is -2.16. The number of carbonyl (C=O) groups is 2. The maximum Gasteiger partial charge on any atom is 0.220 e. The van der Waals surface area contributed by atoms with E-state index in [1.54, 1.807) is 0 Å². The van der Waals surface area contributed by atoms with Crippen molar-refractivity contribution in [2.24, 2.45) is 0 Å². The Bertz CT molecular complexity index is 748. The summed E-state index contributed by atoms with van der Waals surface area (Å²) < 4.78 is 0. The Morgan fingerprint density at radius 3 is 2.42 bits per heavy atom. The monoisotopic (exact) mass is 351 g/mol. The molecule has 1 aromatic carbocycles. The predicted octanol–water partition coefficient (Wildman–Crippen LogP) is 3.27. The van der Waals surface area contributed by atoms with Crippen molar-refractivity contribution in [3.05, 3.63) is 59.3 Å². The number of hydrogen-bond donors (Lipinski definition) is 1. The van der Waals surface area contributed by atoms with Crippen LogP contribution in [0.3, 0.4) is 0 Å². The van der Waals surface area contributed by atoms with Crippen LogP contribution in [-0.2, 0) is 11.3 Å². The van der Waals surface area contributed by atoms with Crippen LogP contribution in [0.25, 0.3) is 0 Å². The number of aromatic nitrogens is 1. The van der Waals surface area contributed by atoms with Crippen LogP contribution in [0.1, 0.15) is 47.2 Å². The molecule has 3 rings (SSSR count). The molecule has 1 aliphatic heterocycles. The quantitative estimate of drug-likeness (QED) is 0.778. The van der Waals surface area contributed by atoms with E-state index in [1.165, 1.54) is 12.8 Å². The van der Waals surface area contributed by atoms with E-state index in [0.717, 1.165) is 30.0 Å². The first kappa shape index (κ1) is 18.1. The van der Waals surface area contributed by atoms with Gasteiger partial charge in [-0.1, -0.05) is 35.9 Å². The van der Waals surface area contributed by atoms with Crippen LogP contribution in [0.2, 0.25) is 0 Å². The molecular weight excluding hydrogens is 326 g/mol. The number of rotatable bonds is 7. The number of nitrogens with zero attached hydrogens (tertiary/aromatic N) is 2. The lowest BCUT2D eigenvalue weighted by molar-refractivity contribution is -0.121. The Labute approximate surface area is 154 Å². The van der Waals surface area contributed by atoms with E-state index in [-0.39, 0.29) is 24.5 Å². The molecule has 0 bridgehead atoms. The van der Waals surface area contributed by atoms with Crippen LogP contribution in [0, 0.1) is 6.92 Å². The number of benzene rings is 1. The minimum Gasteiger partial charge on any atom is -0.357 e. The van der Waals surface area contributed by atoms with Gasteiger partial charge in [-0.3, -0.25) is 9.59 Å². The number of pyridine rings is 1. The van der Waals surface area contributed by atoms with Crippen molar-refractivity contribution in [2.45, 2.75) is 39.2 Å². The highest BCUT2D eigenvalue weighted by atomic mass is 16.2. The summed E-state index contributed by atoms with van der Waals surface area (Å²) in [5, 5.41) is 2.86. The third-order valence-electron chi connectivity index (χ3n) is 4.68. The molecule has 2 heterocycles. The Morgan fingerprint density at radius 2 is 1.77 bits per heavy atom. The normalized spacial score (nSPS) is 13.7. The Morgan fingerprint density at radius 1 is 1.04 bits per heavy atom. The zero-order valence-corrected chi connectivity index (χ0v) is 15.2. The molecule has 1 aromatic heterocycles. The summed E-state index contributed by atoms with van der Waals surface area (Å²) in [6, 6.07) is 11.4. The fraction of sp³-hybridized carbons (Fsp3) is 0.381. The summed E-state index contributed by atoms with van der Waals surface area (Å²) >= 11 is 0. The highest BCUT2D eigenvalue weighted by Gasteiger charge is 2.13. The fourth-order valence-corrected chi connectivity index (χ4v) is 3.05. The first-order valence-corrected chi connectivity index (χ1v) is 9.18. The van der Waals surface area contributed by atoms with Gasteiger partial charge in [-0.05, 0) is 31.4 Å². The van der Waals surface area contributed by atoms with E-state index < -0.39 is 0 Å². The van der Waals surface area contributed by atoms with E-state index >= 15 is 0 Å². The molecule has 136 valence electrons. The number of nitrogens with one attached hydrogen (secondary N) is 1. The Hall–Kier alpha value is -2.69. The maximum atomic E-state index is 12.1. The van der Waals surface area contributed by atoms with Crippen LogP contribution < -0.4 is 10.2 Å². The number of amides is 1. The second-order valence-electron chi connectivity index (χ2n) is 6.78. The molecule has 0 radical (unpaired) electrons. The van der Waals surface area contributed by atoms with Crippen LogP contribution in [-0.4, -0.2) is 29.8 Å². The predicted molar refractivity (Wildman–Crippen MR) is 102 cm³/mol. The minimum absolute atomic E-state index is 0.00298. The van der Waals surface area contributed by atoms with Gasteiger partial charge < -0.3 is 10.2 Å². The molecule has 5 nitrogen and oxygen atoms in total. The van der Waals surface area contributed by atoms with Gasteiger partial charge in [-0.2, -0.15) is 0 Å². The third kappa shape index (κ3) is 4.91. The van der Waals surface area contributed by atoms with Gasteiger partial charge in [0.1, 0.15) is 5.82 Å². The molecule has 0 aliphatic carbocycles. The van der Waals surface area contributed by atoms with Crippen molar-refractivity contribution in [2.75, 3.05) is 18.0 Å². The number of ketones is 1. The first-order valence-electron chi connectivity index (χ1n) is 9.18. The van der Waals surface area contributed by atoms with E-state index in [1.807, 2.05) is 49.5 Å². The Kier molecular flexibility index (Phi) is 6.00. The van der Waals surface area contributed by atoms with Gasteiger partial charge in [-0.25, -0.2) is 4.98 Å². The average Bonchev–Trinajstić information content (AvgIpc) is 3.20. The third-order valence-corrected chi connectivity index (χ3v) is 4.68. The summed E-state index contributed by atoms with van der Waals surface area (Å²) in [6.45, 7) is 4.55. The van der Waals surface area contributed by atoms with E-state index in [2.05, 4.69) is 15.2 Å². The Balaban J connectivity index is 1.42. The molecule has 26 heavy (non-hydrogen) atoms. The van der Waals surface area contributed by atoms with Crippen molar-refractivity contribution in [3.63, 3.8) is 0 Å². The van der Waals surface area contributed by atoms with E-state index in [9.17, 15) is 9.59 Å². The molecule has 0 atom stereocenters. The molecule has 0 unspecified atom stereocenters. The van der Waals surface area contributed by atoms with Crippen molar-refractivity contribution in [3.8, 4) is 0 Å². The average molecular weight is 351 g/mol. The van der Waals surface area contributed by atoms with Gasteiger partial charge in [0.25, 0.3) is 0 Å². The lowest BCUT2D eigenvalue weighted by Crippen LogP contribution is -2.23. The molecular formula is C21H25N3O2. The summed E-state index contributed by atoms with van der Waals surface area (Å²) in [6.07, 6.45) is 4.68. The number of hydrogen-bond acceptors (Lipinski definition) is 4. The molecule has 2 aromatic rings. The summed E-state index contributed by atoms with van der Waals surface area (Å²) in [7, 11) is 0. The highest BCUT2D eigenvalue weighted by molar-refractivity contribution is 5.97. The van der Waals surface area contributed by atoms with E-state index in [4.69, 9.17) is 0 Å².